The number of aryl methyl sites for hydroxylation is 2. The maximum absolute atomic E-state index is 3.98. The predicted octanol–water partition coefficient (Wildman–Crippen LogP) is 5.72. The highest BCUT2D eigenvalue weighted by molar-refractivity contribution is 5.61. The van der Waals surface area contributed by atoms with Crippen molar-refractivity contribution in [1.29, 1.82) is 0 Å². The third-order valence-electron chi connectivity index (χ3n) is 3.96. The van der Waals surface area contributed by atoms with Crippen LogP contribution >= 0.6 is 0 Å². The van der Waals surface area contributed by atoms with Crippen molar-refractivity contribution in [2.24, 2.45) is 0 Å². The third-order valence-corrected chi connectivity index (χ3v) is 3.96. The highest BCUT2D eigenvalue weighted by Gasteiger charge is 1.98. The van der Waals surface area contributed by atoms with Gasteiger partial charge >= 0.3 is 0 Å². The van der Waals surface area contributed by atoms with Crippen molar-refractivity contribution in [1.82, 2.24) is 0 Å². The fourth-order valence-corrected chi connectivity index (χ4v) is 2.61. The van der Waals surface area contributed by atoms with Gasteiger partial charge in [0.25, 0.3) is 0 Å². The Kier molecular flexibility index (Phi) is 6.27. The summed E-state index contributed by atoms with van der Waals surface area (Å²) in [5.41, 5.74) is 6.44. The molecule has 22 heavy (non-hydrogen) atoms. The molecule has 0 aliphatic carbocycles. The van der Waals surface area contributed by atoms with Crippen LogP contribution in [0.4, 0.5) is 5.69 Å². The fourth-order valence-electron chi connectivity index (χ4n) is 2.61. The molecule has 0 unspecified atom stereocenters. The van der Waals surface area contributed by atoms with Crippen molar-refractivity contribution in [2.45, 2.75) is 39.5 Å². The monoisotopic (exact) mass is 293 g/mol. The van der Waals surface area contributed by atoms with Gasteiger partial charge in [0.1, 0.15) is 0 Å². The van der Waals surface area contributed by atoms with E-state index >= 15 is 0 Å². The van der Waals surface area contributed by atoms with Crippen LogP contribution in [0.3, 0.4) is 0 Å². The van der Waals surface area contributed by atoms with E-state index in [0.29, 0.717) is 0 Å². The zero-order valence-electron chi connectivity index (χ0n) is 13.9. The van der Waals surface area contributed by atoms with Gasteiger partial charge in [-0.15, -0.1) is 0 Å². The van der Waals surface area contributed by atoms with Crippen LogP contribution in [0.5, 0.6) is 0 Å². The van der Waals surface area contributed by atoms with Crippen molar-refractivity contribution in [3.63, 3.8) is 0 Å². The number of unbranched alkanes of at least 4 members (excludes halogenated alkanes) is 1. The van der Waals surface area contributed by atoms with Gasteiger partial charge in [-0.3, -0.25) is 0 Å². The van der Waals surface area contributed by atoms with Gasteiger partial charge in [0.05, 0.1) is 0 Å². The Morgan fingerprint density at radius 3 is 1.82 bits per heavy atom. The lowest BCUT2D eigenvalue weighted by atomic mass is 10.0. The molecule has 0 aliphatic heterocycles. The summed E-state index contributed by atoms with van der Waals surface area (Å²) in [6.45, 7) is 9.13. The van der Waals surface area contributed by atoms with E-state index in [4.69, 9.17) is 0 Å². The molecule has 116 valence electrons. The summed E-state index contributed by atoms with van der Waals surface area (Å²) in [7, 11) is 0. The normalized spacial score (nSPS) is 10.5. The number of hydrogen-bond donors (Lipinski definition) is 1. The number of benzene rings is 2. The standard InChI is InChI=1S/C21H27N/c1-4-22-21-15-11-19(12-16-21)8-6-5-7-18-9-13-20(14-10-18)17(2)3/h9-16,22H,2,4-8H2,1,3H3. The number of anilines is 1. The quantitative estimate of drug-likeness (QED) is 0.614. The minimum absolute atomic E-state index is 0.976. The Bertz CT molecular complexity index is 578. The van der Waals surface area contributed by atoms with Gasteiger partial charge in [-0.25, -0.2) is 0 Å². The van der Waals surface area contributed by atoms with Gasteiger partial charge in [0.2, 0.25) is 0 Å². The number of hydrogen-bond acceptors (Lipinski definition) is 1. The first-order valence-electron chi connectivity index (χ1n) is 8.26. The van der Waals surface area contributed by atoms with Gasteiger partial charge in [0, 0.05) is 12.2 Å². The van der Waals surface area contributed by atoms with E-state index in [1.54, 1.807) is 0 Å². The molecule has 0 aliphatic rings. The molecule has 0 heterocycles. The zero-order valence-corrected chi connectivity index (χ0v) is 13.9. The summed E-state index contributed by atoms with van der Waals surface area (Å²) >= 11 is 0. The van der Waals surface area contributed by atoms with Gasteiger partial charge in [-0.05, 0) is 68.4 Å². The molecule has 1 nitrogen and oxygen atoms in total. The molecule has 1 heteroatoms. The van der Waals surface area contributed by atoms with Crippen molar-refractivity contribution in [3.05, 3.63) is 71.8 Å². The second-order valence-corrected chi connectivity index (χ2v) is 5.91. The lowest BCUT2D eigenvalue weighted by Crippen LogP contribution is -1.96. The smallest absolute Gasteiger partial charge is 0.0340 e. The van der Waals surface area contributed by atoms with Crippen molar-refractivity contribution in [3.8, 4) is 0 Å². The lowest BCUT2D eigenvalue weighted by Gasteiger charge is -2.06. The average Bonchev–Trinajstić information content (AvgIpc) is 2.54. The molecule has 1 N–H and O–H groups in total. The highest BCUT2D eigenvalue weighted by Crippen LogP contribution is 2.15. The summed E-state index contributed by atoms with van der Waals surface area (Å²) in [5.74, 6) is 0. The molecule has 0 radical (unpaired) electrons. The van der Waals surface area contributed by atoms with Crippen molar-refractivity contribution < 1.29 is 0 Å². The van der Waals surface area contributed by atoms with E-state index < -0.39 is 0 Å². The van der Waals surface area contributed by atoms with Crippen LogP contribution in [0.1, 0.15) is 43.4 Å². The fraction of sp³-hybridized carbons (Fsp3) is 0.333. The Labute approximate surface area is 135 Å². The van der Waals surface area contributed by atoms with Crippen LogP contribution in [-0.2, 0) is 12.8 Å². The minimum atomic E-state index is 0.976. The number of nitrogens with one attached hydrogen (secondary N) is 1. The van der Waals surface area contributed by atoms with E-state index in [2.05, 4.69) is 74.3 Å². The number of rotatable bonds is 8. The lowest BCUT2D eigenvalue weighted by molar-refractivity contribution is 0.734. The first-order valence-corrected chi connectivity index (χ1v) is 8.26. The van der Waals surface area contributed by atoms with Gasteiger partial charge in [0.15, 0.2) is 0 Å². The molecule has 0 saturated heterocycles. The Morgan fingerprint density at radius 2 is 1.36 bits per heavy atom. The SMILES string of the molecule is C=C(C)c1ccc(CCCCc2ccc(NCC)cc2)cc1. The molecule has 0 fully saturated rings. The molecule has 2 rings (SSSR count). The summed E-state index contributed by atoms with van der Waals surface area (Å²) in [6, 6.07) is 17.6. The largest absolute Gasteiger partial charge is 0.385 e. The molecule has 2 aromatic carbocycles. The van der Waals surface area contributed by atoms with Crippen LogP contribution in [0.15, 0.2) is 55.1 Å². The third kappa shape index (κ3) is 5.07. The zero-order chi connectivity index (χ0) is 15.8. The second kappa shape index (κ2) is 8.43. The molecule has 0 bridgehead atoms. The van der Waals surface area contributed by atoms with E-state index in [1.807, 2.05) is 0 Å². The highest BCUT2D eigenvalue weighted by atomic mass is 14.8. The second-order valence-electron chi connectivity index (χ2n) is 5.91. The first kappa shape index (κ1) is 16.4. The van der Waals surface area contributed by atoms with Gasteiger partial charge in [-0.1, -0.05) is 48.6 Å². The van der Waals surface area contributed by atoms with E-state index in [-0.39, 0.29) is 0 Å². The van der Waals surface area contributed by atoms with Crippen molar-refractivity contribution >= 4 is 11.3 Å². The molecule has 0 aromatic heterocycles. The molecule has 2 aromatic rings. The van der Waals surface area contributed by atoms with Crippen LogP contribution in [0.2, 0.25) is 0 Å². The van der Waals surface area contributed by atoms with Crippen LogP contribution in [-0.4, -0.2) is 6.54 Å². The maximum atomic E-state index is 3.98. The Balaban J connectivity index is 1.73. The summed E-state index contributed by atoms with van der Waals surface area (Å²) in [5, 5.41) is 3.33. The van der Waals surface area contributed by atoms with Crippen LogP contribution in [0.25, 0.3) is 5.57 Å². The first-order chi connectivity index (χ1) is 10.7. The van der Waals surface area contributed by atoms with E-state index in [0.717, 1.165) is 25.0 Å². The predicted molar refractivity (Wildman–Crippen MR) is 98.4 cm³/mol. The molecule has 0 spiro atoms. The van der Waals surface area contributed by atoms with Crippen LogP contribution in [0, 0.1) is 0 Å². The molecule has 0 amide bonds. The molecular weight excluding hydrogens is 266 g/mol. The Hall–Kier alpha value is -2.02. The Morgan fingerprint density at radius 1 is 0.864 bits per heavy atom. The molecule has 0 saturated carbocycles. The van der Waals surface area contributed by atoms with E-state index in [1.165, 1.54) is 35.2 Å². The molecule has 0 atom stereocenters. The molecular formula is C21H27N. The maximum Gasteiger partial charge on any atom is 0.0340 e. The van der Waals surface area contributed by atoms with E-state index in [9.17, 15) is 0 Å². The van der Waals surface area contributed by atoms with Crippen molar-refractivity contribution in [2.75, 3.05) is 11.9 Å². The van der Waals surface area contributed by atoms with Crippen LogP contribution < -0.4 is 5.32 Å². The minimum Gasteiger partial charge on any atom is -0.385 e. The number of allylic oxidation sites excluding steroid dienone is 1. The summed E-state index contributed by atoms with van der Waals surface area (Å²) in [6.07, 6.45) is 4.80. The summed E-state index contributed by atoms with van der Waals surface area (Å²) in [4.78, 5) is 0. The van der Waals surface area contributed by atoms with Gasteiger partial charge < -0.3 is 5.32 Å². The summed E-state index contributed by atoms with van der Waals surface area (Å²) < 4.78 is 0. The topological polar surface area (TPSA) is 12.0 Å². The average molecular weight is 293 g/mol. The van der Waals surface area contributed by atoms with Gasteiger partial charge in [-0.2, -0.15) is 0 Å².